The molecule has 26 heavy (non-hydrogen) atoms. The van der Waals surface area contributed by atoms with Crippen molar-refractivity contribution in [3.63, 3.8) is 0 Å². The van der Waals surface area contributed by atoms with Gasteiger partial charge in [0.2, 0.25) is 5.91 Å². The SMILES string of the molecule is COC(CNC(=O)C1(n2cccn2)CCNCC1)c1ccc(Cl)cc1.Cl. The lowest BCUT2D eigenvalue weighted by molar-refractivity contribution is -0.132. The van der Waals surface area contributed by atoms with Gasteiger partial charge in [-0.25, -0.2) is 0 Å². The van der Waals surface area contributed by atoms with Gasteiger partial charge in [-0.1, -0.05) is 23.7 Å². The molecule has 0 aliphatic carbocycles. The van der Waals surface area contributed by atoms with Crippen LogP contribution in [-0.4, -0.2) is 42.4 Å². The molecule has 0 saturated carbocycles. The van der Waals surface area contributed by atoms with E-state index in [1.165, 1.54) is 0 Å². The highest BCUT2D eigenvalue weighted by atomic mass is 35.5. The van der Waals surface area contributed by atoms with Crippen molar-refractivity contribution >= 4 is 29.9 Å². The Morgan fingerprint density at radius 1 is 1.38 bits per heavy atom. The number of nitrogens with one attached hydrogen (secondary N) is 2. The monoisotopic (exact) mass is 398 g/mol. The highest BCUT2D eigenvalue weighted by Gasteiger charge is 2.42. The van der Waals surface area contributed by atoms with Gasteiger partial charge in [0.05, 0.1) is 6.10 Å². The van der Waals surface area contributed by atoms with Gasteiger partial charge in [-0.2, -0.15) is 5.10 Å². The van der Waals surface area contributed by atoms with E-state index in [1.807, 2.05) is 36.5 Å². The first-order valence-electron chi connectivity index (χ1n) is 8.43. The average molecular weight is 399 g/mol. The van der Waals surface area contributed by atoms with Crippen molar-refractivity contribution < 1.29 is 9.53 Å². The minimum atomic E-state index is -0.646. The molecule has 0 spiro atoms. The first-order valence-corrected chi connectivity index (χ1v) is 8.81. The molecule has 3 rings (SSSR count). The second-order valence-corrected chi connectivity index (χ2v) is 6.65. The van der Waals surface area contributed by atoms with Gasteiger partial charge in [-0.15, -0.1) is 12.4 Å². The molecule has 8 heteroatoms. The summed E-state index contributed by atoms with van der Waals surface area (Å²) in [6.45, 7) is 1.98. The Morgan fingerprint density at radius 2 is 2.08 bits per heavy atom. The van der Waals surface area contributed by atoms with Crippen molar-refractivity contribution in [2.45, 2.75) is 24.5 Å². The molecule has 1 aliphatic rings. The van der Waals surface area contributed by atoms with E-state index >= 15 is 0 Å². The number of methoxy groups -OCH3 is 1. The summed E-state index contributed by atoms with van der Waals surface area (Å²) in [6.07, 6.45) is 4.76. The molecule has 1 aromatic heterocycles. The van der Waals surface area contributed by atoms with E-state index in [-0.39, 0.29) is 24.4 Å². The summed E-state index contributed by atoms with van der Waals surface area (Å²) in [4.78, 5) is 13.0. The summed E-state index contributed by atoms with van der Waals surface area (Å²) < 4.78 is 7.33. The van der Waals surface area contributed by atoms with Crippen LogP contribution in [0.2, 0.25) is 5.02 Å². The standard InChI is InChI=1S/C18H23ClN4O2.ClH/c1-25-16(14-3-5-15(19)6-4-14)13-21-17(24)18(7-10-20-11-8-18)23-12-2-9-22-23;/h2-6,9,12,16,20H,7-8,10-11,13H2,1H3,(H,21,24);1H. The predicted molar refractivity (Wildman–Crippen MR) is 104 cm³/mol. The molecule has 1 fully saturated rings. The summed E-state index contributed by atoms with van der Waals surface area (Å²) in [5, 5.41) is 11.4. The van der Waals surface area contributed by atoms with Crippen LogP contribution in [-0.2, 0) is 15.1 Å². The lowest BCUT2D eigenvalue weighted by atomic mass is 9.87. The Bertz CT molecular complexity index is 686. The first-order chi connectivity index (χ1) is 12.2. The summed E-state index contributed by atoms with van der Waals surface area (Å²) in [5.74, 6) is -0.0197. The van der Waals surface area contributed by atoms with E-state index in [1.54, 1.807) is 18.0 Å². The molecule has 6 nitrogen and oxygen atoms in total. The van der Waals surface area contributed by atoms with Crippen molar-refractivity contribution in [3.8, 4) is 0 Å². The third kappa shape index (κ3) is 4.38. The Morgan fingerprint density at radius 3 is 2.65 bits per heavy atom. The molecule has 1 atom stereocenters. The largest absolute Gasteiger partial charge is 0.375 e. The number of benzene rings is 1. The molecule has 1 saturated heterocycles. The van der Waals surface area contributed by atoms with Crippen molar-refractivity contribution in [1.82, 2.24) is 20.4 Å². The lowest BCUT2D eigenvalue weighted by Crippen LogP contribution is -2.55. The summed E-state index contributed by atoms with van der Waals surface area (Å²) in [5.41, 5.74) is 0.332. The zero-order valence-corrected chi connectivity index (χ0v) is 16.2. The second kappa shape index (κ2) is 9.37. The Balaban J connectivity index is 0.00000243. The van der Waals surface area contributed by atoms with E-state index in [4.69, 9.17) is 16.3 Å². The second-order valence-electron chi connectivity index (χ2n) is 6.22. The molecule has 1 amide bonds. The van der Waals surface area contributed by atoms with E-state index in [9.17, 15) is 4.79 Å². The zero-order valence-electron chi connectivity index (χ0n) is 14.7. The third-order valence-corrected chi connectivity index (χ3v) is 5.02. The maximum atomic E-state index is 13.0. The van der Waals surface area contributed by atoms with Gasteiger partial charge in [-0.3, -0.25) is 9.48 Å². The minimum absolute atomic E-state index is 0. The molecular weight excluding hydrogens is 375 g/mol. The van der Waals surface area contributed by atoms with Gasteiger partial charge in [0.15, 0.2) is 0 Å². The van der Waals surface area contributed by atoms with Crippen LogP contribution in [0.3, 0.4) is 0 Å². The summed E-state index contributed by atoms with van der Waals surface area (Å²) in [6, 6.07) is 9.32. The van der Waals surface area contributed by atoms with Crippen LogP contribution in [0.4, 0.5) is 0 Å². The number of amides is 1. The van der Waals surface area contributed by atoms with E-state index in [0.717, 1.165) is 18.7 Å². The van der Waals surface area contributed by atoms with E-state index in [2.05, 4.69) is 15.7 Å². The molecular formula is C18H24Cl2N4O2. The van der Waals surface area contributed by atoms with Gasteiger partial charge in [-0.05, 0) is 49.7 Å². The van der Waals surface area contributed by atoms with Crippen LogP contribution in [0.1, 0.15) is 24.5 Å². The highest BCUT2D eigenvalue weighted by Crippen LogP contribution is 2.27. The number of piperidine rings is 1. The van der Waals surface area contributed by atoms with E-state index in [0.29, 0.717) is 24.4 Å². The predicted octanol–water partition coefficient (Wildman–Crippen LogP) is 2.54. The summed E-state index contributed by atoms with van der Waals surface area (Å²) >= 11 is 5.94. The van der Waals surface area contributed by atoms with Crippen molar-refractivity contribution in [2.24, 2.45) is 0 Å². The topological polar surface area (TPSA) is 68.2 Å². The number of halogens is 2. The lowest BCUT2D eigenvalue weighted by Gasteiger charge is -2.36. The van der Waals surface area contributed by atoms with Gasteiger partial charge < -0.3 is 15.4 Å². The maximum absolute atomic E-state index is 13.0. The molecule has 1 unspecified atom stereocenters. The smallest absolute Gasteiger partial charge is 0.248 e. The fourth-order valence-electron chi connectivity index (χ4n) is 3.29. The molecule has 1 aromatic carbocycles. The first kappa shape index (κ1) is 20.7. The normalized spacial score (nSPS) is 17.2. The van der Waals surface area contributed by atoms with Crippen molar-refractivity contribution in [1.29, 1.82) is 0 Å². The number of ether oxygens (including phenoxy) is 1. The van der Waals surface area contributed by atoms with Crippen LogP contribution in [0.15, 0.2) is 42.7 Å². The molecule has 2 N–H and O–H groups in total. The van der Waals surface area contributed by atoms with Crippen LogP contribution < -0.4 is 10.6 Å². The van der Waals surface area contributed by atoms with Crippen LogP contribution in [0, 0.1) is 0 Å². The van der Waals surface area contributed by atoms with E-state index < -0.39 is 5.54 Å². The molecule has 2 heterocycles. The highest BCUT2D eigenvalue weighted by molar-refractivity contribution is 6.30. The number of carbonyl (C=O) groups excluding carboxylic acids is 1. The molecule has 2 aromatic rings. The quantitative estimate of drug-likeness (QED) is 0.784. The van der Waals surface area contributed by atoms with Crippen molar-refractivity contribution in [2.75, 3.05) is 26.7 Å². The van der Waals surface area contributed by atoms with Crippen LogP contribution >= 0.6 is 24.0 Å². The molecule has 0 bridgehead atoms. The number of nitrogens with zero attached hydrogens (tertiary/aromatic N) is 2. The number of hydrogen-bond donors (Lipinski definition) is 2. The molecule has 0 radical (unpaired) electrons. The fourth-order valence-corrected chi connectivity index (χ4v) is 3.41. The maximum Gasteiger partial charge on any atom is 0.248 e. The fraction of sp³-hybridized carbons (Fsp3) is 0.444. The molecule has 1 aliphatic heterocycles. The number of rotatable bonds is 6. The number of hydrogen-bond acceptors (Lipinski definition) is 4. The summed E-state index contributed by atoms with van der Waals surface area (Å²) in [7, 11) is 1.64. The van der Waals surface area contributed by atoms with Gasteiger partial charge >= 0.3 is 0 Å². The van der Waals surface area contributed by atoms with Crippen LogP contribution in [0.25, 0.3) is 0 Å². The Labute approximate surface area is 164 Å². The average Bonchev–Trinajstić information content (AvgIpc) is 3.19. The Hall–Kier alpha value is -1.60. The van der Waals surface area contributed by atoms with Crippen LogP contribution in [0.5, 0.6) is 0 Å². The number of carbonyl (C=O) groups is 1. The van der Waals surface area contributed by atoms with Gasteiger partial charge in [0.1, 0.15) is 5.54 Å². The van der Waals surface area contributed by atoms with Crippen molar-refractivity contribution in [3.05, 3.63) is 53.3 Å². The zero-order chi connectivity index (χ0) is 17.7. The third-order valence-electron chi connectivity index (χ3n) is 4.77. The number of aromatic nitrogens is 2. The molecule has 142 valence electrons. The minimum Gasteiger partial charge on any atom is -0.375 e. The van der Waals surface area contributed by atoms with Gasteiger partial charge in [0.25, 0.3) is 0 Å². The Kier molecular flexibility index (Phi) is 7.46. The van der Waals surface area contributed by atoms with Gasteiger partial charge in [0, 0.05) is 31.1 Å².